The smallest absolute Gasteiger partial charge is 0.459 e. The van der Waals surface area contributed by atoms with E-state index in [1.165, 1.54) is 31.2 Å². The van der Waals surface area contributed by atoms with Crippen LogP contribution in [0.25, 0.3) is 0 Å². The number of carbonyl (C=O) groups excluding carboxylic acids is 1. The molecule has 0 bridgehead atoms. The molecule has 39 heavy (non-hydrogen) atoms. The van der Waals surface area contributed by atoms with Crippen molar-refractivity contribution in [2.45, 2.75) is 63.4 Å². The van der Waals surface area contributed by atoms with Gasteiger partial charge in [0, 0.05) is 6.20 Å². The van der Waals surface area contributed by atoms with Gasteiger partial charge in [-0.2, -0.15) is 5.09 Å². The van der Waals surface area contributed by atoms with Crippen molar-refractivity contribution in [2.24, 2.45) is 0 Å². The Morgan fingerprint density at radius 2 is 1.90 bits per heavy atom. The highest BCUT2D eigenvalue weighted by atomic mass is 35.5. The maximum absolute atomic E-state index is 14.4. The minimum absolute atomic E-state index is 0.0240. The van der Waals surface area contributed by atoms with E-state index >= 15 is 0 Å². The zero-order valence-corrected chi connectivity index (χ0v) is 22.5. The summed E-state index contributed by atoms with van der Waals surface area (Å²) in [6.45, 7) is 3.07. The van der Waals surface area contributed by atoms with Crippen molar-refractivity contribution in [1.29, 1.82) is 0 Å². The van der Waals surface area contributed by atoms with Crippen LogP contribution in [0.3, 0.4) is 0 Å². The fourth-order valence-corrected chi connectivity index (χ4v) is 5.25. The van der Waals surface area contributed by atoms with E-state index in [0.717, 1.165) is 6.20 Å². The summed E-state index contributed by atoms with van der Waals surface area (Å²) in [7, 11) is -4.69. The van der Waals surface area contributed by atoms with Gasteiger partial charge in [-0.15, -0.1) is 0 Å². The van der Waals surface area contributed by atoms with E-state index in [9.17, 15) is 37.9 Å². The number of rotatable bonds is 11. The minimum Gasteiger partial charge on any atom is -0.462 e. The molecule has 1 fully saturated rings. The highest BCUT2D eigenvalue weighted by Gasteiger charge is 2.61. The van der Waals surface area contributed by atoms with Crippen molar-refractivity contribution in [2.75, 3.05) is 6.61 Å². The van der Waals surface area contributed by atoms with Crippen LogP contribution in [-0.2, 0) is 23.4 Å². The van der Waals surface area contributed by atoms with E-state index in [1.54, 1.807) is 19.9 Å². The SMILES string of the molecule is CC(C)OC(=O)[C@H](C)N[P@](=O)(OC[C@@]1(C(F)F)O[C@@H](n2cc(Cl)c(=O)[nH]c2=O)[C@H](O)[C@@H]1O)Oc1ccccc1. The Kier molecular flexibility index (Phi) is 9.70. The molecule has 17 heteroatoms. The molecule has 3 rings (SSSR count). The third kappa shape index (κ3) is 6.92. The largest absolute Gasteiger partial charge is 0.462 e. The van der Waals surface area contributed by atoms with Crippen LogP contribution in [0.1, 0.15) is 27.0 Å². The van der Waals surface area contributed by atoms with Gasteiger partial charge in [0.05, 0.1) is 12.7 Å². The summed E-state index contributed by atoms with van der Waals surface area (Å²) in [4.78, 5) is 37.9. The number of alkyl halides is 2. The van der Waals surface area contributed by atoms with Crippen LogP contribution in [0.15, 0.2) is 46.1 Å². The van der Waals surface area contributed by atoms with E-state index in [4.69, 9.17) is 30.1 Å². The van der Waals surface area contributed by atoms with Crippen molar-refractivity contribution in [3.63, 3.8) is 0 Å². The van der Waals surface area contributed by atoms with Crippen molar-refractivity contribution in [3.8, 4) is 5.75 Å². The summed E-state index contributed by atoms with van der Waals surface area (Å²) in [5.74, 6) is -0.875. The number of para-hydroxylation sites is 1. The zero-order chi connectivity index (χ0) is 29.1. The quantitative estimate of drug-likeness (QED) is 0.218. The summed E-state index contributed by atoms with van der Waals surface area (Å²) in [6, 6.07) is 6.12. The number of H-pyrrole nitrogens is 1. The number of halogens is 3. The fourth-order valence-electron chi connectivity index (χ4n) is 3.56. The van der Waals surface area contributed by atoms with Crippen molar-refractivity contribution >= 4 is 25.3 Å². The minimum atomic E-state index is -4.69. The van der Waals surface area contributed by atoms with Gasteiger partial charge >= 0.3 is 19.4 Å². The summed E-state index contributed by atoms with van der Waals surface area (Å²) in [5.41, 5.74) is -5.21. The maximum atomic E-state index is 14.4. The monoisotopic (exact) mass is 597 g/mol. The molecule has 2 aromatic rings. The molecular formula is C22H27ClF2N3O10P. The molecule has 1 aliphatic rings. The van der Waals surface area contributed by atoms with E-state index in [1.807, 2.05) is 4.98 Å². The first-order valence-electron chi connectivity index (χ1n) is 11.5. The van der Waals surface area contributed by atoms with E-state index < -0.39 is 79.2 Å². The van der Waals surface area contributed by atoms with Gasteiger partial charge in [0.2, 0.25) is 0 Å². The lowest BCUT2D eigenvalue weighted by Crippen LogP contribution is -2.53. The van der Waals surface area contributed by atoms with Crippen molar-refractivity contribution < 1.29 is 46.9 Å². The average molecular weight is 598 g/mol. The number of ether oxygens (including phenoxy) is 2. The molecular weight excluding hydrogens is 571 g/mol. The standard InChI is InChI=1S/C22H27ClF2N3O10P/c1-11(2)36-19(32)12(3)27-39(34,38-13-7-5-4-6-8-13)35-10-22(20(24)25)16(30)15(29)18(37-22)28-9-14(23)17(31)26-21(28)33/h4-9,11-12,15-16,18,20,29-30H,10H2,1-3H3,(H,27,34)(H,26,31,33)/t12-,15+,16-,18+,22+,39-/m0/s1. The Hall–Kier alpha value is -2.65. The number of benzene rings is 1. The first-order valence-corrected chi connectivity index (χ1v) is 13.4. The lowest BCUT2D eigenvalue weighted by molar-refractivity contribution is -0.192. The predicted molar refractivity (Wildman–Crippen MR) is 132 cm³/mol. The number of nitrogens with zero attached hydrogens (tertiary/aromatic N) is 1. The van der Waals surface area contributed by atoms with Gasteiger partial charge in [-0.05, 0) is 32.9 Å². The third-order valence-electron chi connectivity index (χ3n) is 5.51. The van der Waals surface area contributed by atoms with Crippen molar-refractivity contribution in [1.82, 2.24) is 14.6 Å². The Morgan fingerprint density at radius 3 is 2.49 bits per heavy atom. The van der Waals surface area contributed by atoms with Crippen molar-refractivity contribution in [3.05, 3.63) is 62.4 Å². The van der Waals surface area contributed by atoms with Gasteiger partial charge in [0.15, 0.2) is 11.8 Å². The lowest BCUT2D eigenvalue weighted by atomic mass is 9.96. The molecule has 0 spiro atoms. The molecule has 1 aliphatic heterocycles. The van der Waals surface area contributed by atoms with Crippen LogP contribution in [0.4, 0.5) is 8.78 Å². The number of aliphatic hydroxyl groups is 2. The summed E-state index contributed by atoms with van der Waals surface area (Å²) in [5, 5.41) is 22.9. The van der Waals surface area contributed by atoms with E-state index in [0.29, 0.717) is 4.57 Å². The van der Waals surface area contributed by atoms with Gasteiger partial charge in [-0.25, -0.2) is 18.1 Å². The van der Waals surface area contributed by atoms with Crippen LogP contribution < -0.4 is 20.9 Å². The van der Waals surface area contributed by atoms with Crippen LogP contribution in [0.2, 0.25) is 5.02 Å². The topological polar surface area (TPSA) is 178 Å². The van der Waals surface area contributed by atoms with E-state index in [-0.39, 0.29) is 5.75 Å². The second kappa shape index (κ2) is 12.3. The molecule has 1 saturated heterocycles. The summed E-state index contributed by atoms with van der Waals surface area (Å²) < 4.78 is 63.9. The first kappa shape index (κ1) is 30.9. The maximum Gasteiger partial charge on any atom is 0.459 e. The number of aliphatic hydroxyl groups excluding tert-OH is 2. The third-order valence-corrected chi connectivity index (χ3v) is 7.40. The van der Waals surface area contributed by atoms with Crippen LogP contribution in [-0.4, -0.2) is 68.7 Å². The zero-order valence-electron chi connectivity index (χ0n) is 20.8. The van der Waals surface area contributed by atoms with Gasteiger partial charge in [-0.3, -0.25) is 23.7 Å². The Balaban J connectivity index is 1.92. The highest BCUT2D eigenvalue weighted by molar-refractivity contribution is 7.52. The van der Waals surface area contributed by atoms with Gasteiger partial charge in [0.25, 0.3) is 12.0 Å². The molecule has 0 saturated carbocycles. The Labute approximate surface area is 225 Å². The lowest BCUT2D eigenvalue weighted by Gasteiger charge is -2.32. The van der Waals surface area contributed by atoms with E-state index in [2.05, 4.69) is 5.09 Å². The van der Waals surface area contributed by atoms with Gasteiger partial charge in [0.1, 0.15) is 29.0 Å². The Morgan fingerprint density at radius 1 is 1.26 bits per heavy atom. The molecule has 216 valence electrons. The predicted octanol–water partition coefficient (Wildman–Crippen LogP) is 1.58. The normalized spacial score (nSPS) is 25.4. The molecule has 6 atom stereocenters. The fraction of sp³-hybridized carbons (Fsp3) is 0.500. The molecule has 1 aromatic carbocycles. The number of carbonyl (C=O) groups is 1. The van der Waals surface area contributed by atoms with Crippen LogP contribution >= 0.6 is 19.3 Å². The number of aromatic nitrogens is 2. The second-order valence-corrected chi connectivity index (χ2v) is 11.0. The number of esters is 1. The molecule has 0 radical (unpaired) electrons. The first-order chi connectivity index (χ1) is 18.2. The summed E-state index contributed by atoms with van der Waals surface area (Å²) in [6.07, 6.45) is -9.86. The highest BCUT2D eigenvalue weighted by Crippen LogP contribution is 2.49. The number of nitrogens with one attached hydrogen (secondary N) is 2. The number of hydrogen-bond donors (Lipinski definition) is 4. The molecule has 0 amide bonds. The molecule has 0 aliphatic carbocycles. The summed E-state index contributed by atoms with van der Waals surface area (Å²) >= 11 is 5.71. The van der Waals surface area contributed by atoms with Crippen LogP contribution in [0, 0.1) is 0 Å². The average Bonchev–Trinajstić information content (AvgIpc) is 3.11. The molecule has 13 nitrogen and oxygen atoms in total. The molecule has 2 heterocycles. The van der Waals surface area contributed by atoms with Gasteiger partial charge < -0.3 is 24.2 Å². The molecule has 1 aromatic heterocycles. The number of hydrogen-bond acceptors (Lipinski definition) is 10. The van der Waals surface area contributed by atoms with Gasteiger partial charge in [-0.1, -0.05) is 29.8 Å². The molecule has 4 N–H and O–H groups in total. The molecule has 0 unspecified atom stereocenters. The number of aromatic amines is 1. The Bertz CT molecular complexity index is 1330. The van der Waals surface area contributed by atoms with Crippen LogP contribution in [0.5, 0.6) is 5.75 Å². The second-order valence-electron chi connectivity index (χ2n) is 8.85.